The van der Waals surface area contributed by atoms with Crippen molar-refractivity contribution in [3.05, 3.63) is 76.3 Å². The van der Waals surface area contributed by atoms with Crippen LogP contribution >= 0.6 is 0 Å². The highest BCUT2D eigenvalue weighted by Gasteiger charge is 2.07. The van der Waals surface area contributed by atoms with E-state index in [-0.39, 0.29) is 17.9 Å². The monoisotopic (exact) mass is 310 g/mol. The number of nitrogens with one attached hydrogen (secondary N) is 2. The third-order valence-electron chi connectivity index (χ3n) is 3.56. The first kappa shape index (κ1) is 15.0. The molecule has 2 N–H and O–H groups in total. The number of benzene rings is 2. The van der Waals surface area contributed by atoms with E-state index in [4.69, 9.17) is 0 Å². The van der Waals surface area contributed by atoms with Crippen LogP contribution in [0.15, 0.2) is 59.4 Å². The van der Waals surface area contributed by atoms with Crippen molar-refractivity contribution in [1.82, 2.24) is 4.98 Å². The van der Waals surface area contributed by atoms with Crippen molar-refractivity contribution in [2.45, 2.75) is 12.8 Å². The Hall–Kier alpha value is -2.95. The van der Waals surface area contributed by atoms with Crippen molar-refractivity contribution in [2.75, 3.05) is 5.32 Å². The fourth-order valence-corrected chi connectivity index (χ4v) is 2.40. The van der Waals surface area contributed by atoms with Gasteiger partial charge >= 0.3 is 0 Å². The normalized spacial score (nSPS) is 10.7. The molecule has 0 aliphatic carbocycles. The Labute approximate surface area is 132 Å². The third kappa shape index (κ3) is 3.63. The molecule has 3 rings (SSSR count). The van der Waals surface area contributed by atoms with Crippen molar-refractivity contribution in [3.8, 4) is 0 Å². The number of aromatic nitrogens is 1. The van der Waals surface area contributed by atoms with E-state index in [0.717, 1.165) is 11.1 Å². The zero-order valence-electron chi connectivity index (χ0n) is 12.3. The van der Waals surface area contributed by atoms with Crippen LogP contribution in [-0.4, -0.2) is 10.9 Å². The highest BCUT2D eigenvalue weighted by molar-refractivity contribution is 5.90. The summed E-state index contributed by atoms with van der Waals surface area (Å²) in [5.41, 5.74) is 1.39. The molecule has 1 amide bonds. The molecule has 0 bridgehead atoms. The predicted molar refractivity (Wildman–Crippen MR) is 87.9 cm³/mol. The molecule has 0 aliphatic heterocycles. The maximum atomic E-state index is 13.2. The Balaban J connectivity index is 1.71. The van der Waals surface area contributed by atoms with Crippen molar-refractivity contribution in [2.24, 2.45) is 0 Å². The SMILES string of the molecule is O=C(CCc1cc2ccc(F)cc2[nH]c1=O)Nc1ccccc1. The van der Waals surface area contributed by atoms with Crippen LogP contribution in [-0.2, 0) is 11.2 Å². The molecule has 0 radical (unpaired) electrons. The van der Waals surface area contributed by atoms with Gasteiger partial charge in [-0.2, -0.15) is 0 Å². The highest BCUT2D eigenvalue weighted by Crippen LogP contribution is 2.14. The van der Waals surface area contributed by atoms with Gasteiger partial charge in [0, 0.05) is 17.7 Å². The van der Waals surface area contributed by atoms with Gasteiger partial charge in [0.2, 0.25) is 5.91 Å². The number of aromatic amines is 1. The van der Waals surface area contributed by atoms with Crippen LogP contribution in [0.1, 0.15) is 12.0 Å². The van der Waals surface area contributed by atoms with Crippen molar-refractivity contribution in [3.63, 3.8) is 0 Å². The number of aryl methyl sites for hydroxylation is 1. The molecule has 0 aliphatic rings. The molecule has 0 unspecified atom stereocenters. The minimum absolute atomic E-state index is 0.158. The summed E-state index contributed by atoms with van der Waals surface area (Å²) in [6.07, 6.45) is 0.520. The van der Waals surface area contributed by atoms with Crippen molar-refractivity contribution < 1.29 is 9.18 Å². The van der Waals surface area contributed by atoms with Crippen LogP contribution in [0.25, 0.3) is 10.9 Å². The fraction of sp³-hybridized carbons (Fsp3) is 0.111. The lowest BCUT2D eigenvalue weighted by Crippen LogP contribution is -2.17. The summed E-state index contributed by atoms with van der Waals surface area (Å²) in [6, 6.07) is 15.1. The molecule has 0 spiro atoms. The number of anilines is 1. The quantitative estimate of drug-likeness (QED) is 0.777. The van der Waals surface area contributed by atoms with Crippen LogP contribution < -0.4 is 10.9 Å². The van der Waals surface area contributed by atoms with Crippen LogP contribution in [0.5, 0.6) is 0 Å². The molecule has 23 heavy (non-hydrogen) atoms. The number of rotatable bonds is 4. The summed E-state index contributed by atoms with van der Waals surface area (Å²) in [4.78, 5) is 26.6. The molecule has 4 nitrogen and oxygen atoms in total. The van der Waals surface area contributed by atoms with Crippen LogP contribution in [0.3, 0.4) is 0 Å². The molecular formula is C18H15FN2O2. The van der Waals surface area contributed by atoms with Crippen LogP contribution in [0, 0.1) is 5.82 Å². The van der Waals surface area contributed by atoms with E-state index in [1.807, 2.05) is 18.2 Å². The molecular weight excluding hydrogens is 295 g/mol. The Morgan fingerprint density at radius 3 is 2.65 bits per heavy atom. The molecule has 1 heterocycles. The van der Waals surface area contributed by atoms with Gasteiger partial charge in [0.25, 0.3) is 5.56 Å². The Kier molecular flexibility index (Phi) is 4.19. The van der Waals surface area contributed by atoms with E-state index in [1.54, 1.807) is 24.3 Å². The first-order valence-corrected chi connectivity index (χ1v) is 7.28. The number of carbonyl (C=O) groups is 1. The molecule has 0 fully saturated rings. The molecule has 0 atom stereocenters. The van der Waals surface area contributed by atoms with Gasteiger partial charge in [0.15, 0.2) is 0 Å². The average molecular weight is 310 g/mol. The molecule has 1 aromatic heterocycles. The lowest BCUT2D eigenvalue weighted by atomic mass is 10.1. The number of fused-ring (bicyclic) bond motifs is 1. The highest BCUT2D eigenvalue weighted by atomic mass is 19.1. The number of pyridine rings is 1. The van der Waals surface area contributed by atoms with E-state index in [9.17, 15) is 14.0 Å². The summed E-state index contributed by atoms with van der Waals surface area (Å²) < 4.78 is 13.2. The van der Waals surface area contributed by atoms with E-state index in [1.165, 1.54) is 12.1 Å². The van der Waals surface area contributed by atoms with Crippen LogP contribution in [0.4, 0.5) is 10.1 Å². The standard InChI is InChI=1S/C18H15FN2O2/c19-14-8-6-12-10-13(18(23)21-16(12)11-14)7-9-17(22)20-15-4-2-1-3-5-15/h1-6,8,10-11H,7,9H2,(H,20,22)(H,21,23). The zero-order valence-corrected chi connectivity index (χ0v) is 12.3. The van der Waals surface area contributed by atoms with E-state index >= 15 is 0 Å². The van der Waals surface area contributed by atoms with Gasteiger partial charge in [-0.05, 0) is 48.2 Å². The summed E-state index contributed by atoms with van der Waals surface area (Å²) in [7, 11) is 0. The van der Waals surface area contributed by atoms with Gasteiger partial charge in [0.1, 0.15) is 5.82 Å². The second-order valence-electron chi connectivity index (χ2n) is 5.27. The lowest BCUT2D eigenvalue weighted by molar-refractivity contribution is -0.116. The Morgan fingerprint density at radius 2 is 1.87 bits per heavy atom. The summed E-state index contributed by atoms with van der Waals surface area (Å²) in [5, 5.41) is 3.52. The topological polar surface area (TPSA) is 62.0 Å². The second-order valence-corrected chi connectivity index (χ2v) is 5.27. The average Bonchev–Trinajstić information content (AvgIpc) is 2.54. The van der Waals surface area contributed by atoms with Crippen molar-refractivity contribution >= 4 is 22.5 Å². The van der Waals surface area contributed by atoms with Gasteiger partial charge in [-0.25, -0.2) is 4.39 Å². The molecule has 116 valence electrons. The number of amides is 1. The van der Waals surface area contributed by atoms with E-state index in [0.29, 0.717) is 17.5 Å². The number of H-pyrrole nitrogens is 1. The second kappa shape index (κ2) is 6.44. The number of hydrogen-bond acceptors (Lipinski definition) is 2. The van der Waals surface area contributed by atoms with Gasteiger partial charge in [0.05, 0.1) is 5.52 Å². The fourth-order valence-electron chi connectivity index (χ4n) is 2.40. The number of carbonyl (C=O) groups excluding carboxylic acids is 1. The minimum atomic E-state index is -0.400. The largest absolute Gasteiger partial charge is 0.326 e. The summed E-state index contributed by atoms with van der Waals surface area (Å²) in [5.74, 6) is -0.557. The smallest absolute Gasteiger partial charge is 0.251 e. The molecule has 0 saturated heterocycles. The van der Waals surface area contributed by atoms with Crippen LogP contribution in [0.2, 0.25) is 0 Å². The Bertz CT molecular complexity index is 904. The first-order valence-electron chi connectivity index (χ1n) is 7.28. The summed E-state index contributed by atoms with van der Waals surface area (Å²) >= 11 is 0. The maximum absolute atomic E-state index is 13.2. The van der Waals surface area contributed by atoms with Gasteiger partial charge in [-0.15, -0.1) is 0 Å². The maximum Gasteiger partial charge on any atom is 0.251 e. The summed E-state index contributed by atoms with van der Waals surface area (Å²) in [6.45, 7) is 0. The Morgan fingerprint density at radius 1 is 1.09 bits per heavy atom. The molecule has 5 heteroatoms. The number of halogens is 1. The predicted octanol–water partition coefficient (Wildman–Crippen LogP) is 3.24. The lowest BCUT2D eigenvalue weighted by Gasteiger charge is -2.06. The van der Waals surface area contributed by atoms with E-state index in [2.05, 4.69) is 10.3 Å². The van der Waals surface area contributed by atoms with E-state index < -0.39 is 5.82 Å². The van der Waals surface area contributed by atoms with Crippen molar-refractivity contribution in [1.29, 1.82) is 0 Å². The van der Waals surface area contributed by atoms with Gasteiger partial charge < -0.3 is 10.3 Å². The van der Waals surface area contributed by atoms with Gasteiger partial charge in [-0.1, -0.05) is 18.2 Å². The zero-order chi connectivity index (χ0) is 16.2. The minimum Gasteiger partial charge on any atom is -0.326 e. The molecule has 2 aromatic carbocycles. The first-order chi connectivity index (χ1) is 11.1. The number of para-hydroxylation sites is 1. The number of hydrogen-bond donors (Lipinski definition) is 2. The third-order valence-corrected chi connectivity index (χ3v) is 3.56. The molecule has 0 saturated carbocycles. The molecule has 3 aromatic rings. The van der Waals surface area contributed by atoms with Gasteiger partial charge in [-0.3, -0.25) is 9.59 Å².